The second-order valence-electron chi connectivity index (χ2n) is 6.46. The third-order valence-corrected chi connectivity index (χ3v) is 4.07. The fourth-order valence-corrected chi connectivity index (χ4v) is 2.21. The van der Waals surface area contributed by atoms with Gasteiger partial charge in [-0.1, -0.05) is 0 Å². The Morgan fingerprint density at radius 2 is 2.16 bits per heavy atom. The van der Waals surface area contributed by atoms with Crippen molar-refractivity contribution in [2.75, 3.05) is 19.0 Å². The number of carbonyl (C=O) groups is 2. The van der Waals surface area contributed by atoms with Gasteiger partial charge in [-0.25, -0.2) is 9.78 Å². The quantitative estimate of drug-likeness (QED) is 0.348. The first kappa shape index (κ1) is 18.7. The molecule has 0 radical (unpaired) electrons. The van der Waals surface area contributed by atoms with Crippen LogP contribution in [0.4, 0.5) is 5.82 Å². The zero-order chi connectivity index (χ0) is 18.6. The van der Waals surface area contributed by atoms with Gasteiger partial charge in [-0.3, -0.25) is 10.2 Å². The Balaban J connectivity index is 2.08. The molecule has 134 valence electrons. The van der Waals surface area contributed by atoms with Crippen LogP contribution >= 0.6 is 0 Å². The monoisotopic (exact) mass is 345 g/mol. The van der Waals surface area contributed by atoms with Gasteiger partial charge in [0.1, 0.15) is 17.5 Å². The van der Waals surface area contributed by atoms with E-state index in [9.17, 15) is 14.9 Å². The lowest BCUT2D eigenvalue weighted by atomic mass is 10.1. The molecular formula is C17H23N5O3. The molecule has 25 heavy (non-hydrogen) atoms. The number of amides is 1. The number of nitrogens with zero attached hydrogens (tertiary/aromatic N) is 3. The van der Waals surface area contributed by atoms with Gasteiger partial charge in [-0.05, 0) is 51.2 Å². The van der Waals surface area contributed by atoms with Gasteiger partial charge >= 0.3 is 11.9 Å². The summed E-state index contributed by atoms with van der Waals surface area (Å²) in [6, 6.07) is 4.00. The molecule has 0 atom stereocenters. The molecule has 1 fully saturated rings. The average Bonchev–Trinajstić information content (AvgIpc) is 3.40. The number of nitrogens with one attached hydrogen (secondary N) is 2. The van der Waals surface area contributed by atoms with Crippen LogP contribution in [0.2, 0.25) is 0 Å². The van der Waals surface area contributed by atoms with E-state index in [1.165, 1.54) is 5.01 Å². The minimum atomic E-state index is -0.949. The van der Waals surface area contributed by atoms with Crippen molar-refractivity contribution < 1.29 is 14.3 Å². The van der Waals surface area contributed by atoms with Crippen molar-refractivity contribution in [3.63, 3.8) is 0 Å². The Hall–Kier alpha value is -2.66. The van der Waals surface area contributed by atoms with Crippen molar-refractivity contribution in [1.82, 2.24) is 15.4 Å². The maximum Gasteiger partial charge on any atom is 0.398 e. The molecule has 0 saturated heterocycles. The summed E-state index contributed by atoms with van der Waals surface area (Å²) in [5.74, 6) is -0.881. The number of rotatable bonds is 6. The molecule has 2 N–H and O–H groups in total. The lowest BCUT2D eigenvalue weighted by molar-refractivity contribution is -0.157. The van der Waals surface area contributed by atoms with Crippen LogP contribution in [0.1, 0.15) is 50.7 Å². The van der Waals surface area contributed by atoms with Crippen molar-refractivity contribution >= 4 is 17.7 Å². The van der Waals surface area contributed by atoms with Gasteiger partial charge in [-0.2, -0.15) is 10.3 Å². The number of hydrazine groups is 1. The summed E-state index contributed by atoms with van der Waals surface area (Å²) in [6.45, 7) is 5.33. The highest BCUT2D eigenvalue weighted by Crippen LogP contribution is 2.40. The van der Waals surface area contributed by atoms with Gasteiger partial charge in [0.15, 0.2) is 0 Å². The third kappa shape index (κ3) is 4.67. The van der Waals surface area contributed by atoms with Gasteiger partial charge in [0.2, 0.25) is 0 Å². The highest BCUT2D eigenvalue weighted by atomic mass is 16.5. The van der Waals surface area contributed by atoms with Crippen LogP contribution in [-0.4, -0.2) is 41.2 Å². The fourth-order valence-electron chi connectivity index (χ4n) is 2.21. The number of pyridine rings is 1. The molecule has 0 aliphatic heterocycles. The smallest absolute Gasteiger partial charge is 0.398 e. The Labute approximate surface area is 147 Å². The predicted octanol–water partition coefficient (Wildman–Crippen LogP) is 1.50. The molecule has 1 saturated carbocycles. The minimum Gasteiger partial charge on any atom is -0.459 e. The summed E-state index contributed by atoms with van der Waals surface area (Å²) in [7, 11) is 1.61. The SMILES string of the molecule is CCOC(=O)C(=O)NN(C)C(C)(C)Nc1ncc(C2CC2)cc1C#N. The van der Waals surface area contributed by atoms with Crippen LogP contribution in [-0.2, 0) is 14.3 Å². The number of esters is 1. The molecule has 0 spiro atoms. The second kappa shape index (κ2) is 7.49. The van der Waals surface area contributed by atoms with Crippen LogP contribution in [0.25, 0.3) is 0 Å². The average molecular weight is 345 g/mol. The molecule has 1 aromatic rings. The summed E-state index contributed by atoms with van der Waals surface area (Å²) in [6.07, 6.45) is 4.04. The van der Waals surface area contributed by atoms with E-state index in [1.807, 2.05) is 6.07 Å². The summed E-state index contributed by atoms with van der Waals surface area (Å²) < 4.78 is 4.66. The van der Waals surface area contributed by atoms with Crippen LogP contribution in [0.5, 0.6) is 0 Å². The van der Waals surface area contributed by atoms with Crippen molar-refractivity contribution in [2.45, 2.75) is 45.2 Å². The van der Waals surface area contributed by atoms with Crippen molar-refractivity contribution in [3.8, 4) is 6.07 Å². The number of hydrogen-bond donors (Lipinski definition) is 2. The molecule has 1 aromatic heterocycles. The van der Waals surface area contributed by atoms with Crippen LogP contribution in [0.15, 0.2) is 12.3 Å². The molecular weight excluding hydrogens is 322 g/mol. The number of anilines is 1. The molecule has 1 aliphatic rings. The number of aromatic nitrogens is 1. The van der Waals surface area contributed by atoms with Gasteiger partial charge < -0.3 is 10.1 Å². The molecule has 8 nitrogen and oxygen atoms in total. The zero-order valence-electron chi connectivity index (χ0n) is 14.9. The van der Waals surface area contributed by atoms with E-state index >= 15 is 0 Å². The minimum absolute atomic E-state index is 0.125. The van der Waals surface area contributed by atoms with E-state index in [4.69, 9.17) is 0 Å². The molecule has 1 aliphatic carbocycles. The van der Waals surface area contributed by atoms with Gasteiger partial charge in [0, 0.05) is 13.2 Å². The van der Waals surface area contributed by atoms with Crippen molar-refractivity contribution in [2.24, 2.45) is 0 Å². The fraction of sp³-hybridized carbons (Fsp3) is 0.529. The van der Waals surface area contributed by atoms with E-state index in [1.54, 1.807) is 34.0 Å². The van der Waals surface area contributed by atoms with E-state index in [-0.39, 0.29) is 6.61 Å². The first-order valence-electron chi connectivity index (χ1n) is 8.18. The van der Waals surface area contributed by atoms with Gasteiger partial charge in [0.25, 0.3) is 0 Å². The largest absolute Gasteiger partial charge is 0.459 e. The van der Waals surface area contributed by atoms with Crippen LogP contribution < -0.4 is 10.7 Å². The number of carbonyl (C=O) groups excluding carboxylic acids is 2. The summed E-state index contributed by atoms with van der Waals surface area (Å²) in [5, 5.41) is 13.9. The van der Waals surface area contributed by atoms with Gasteiger partial charge in [0.05, 0.1) is 12.2 Å². The lowest BCUT2D eigenvalue weighted by Crippen LogP contribution is -2.57. The highest BCUT2D eigenvalue weighted by molar-refractivity contribution is 6.32. The number of ether oxygens (including phenoxy) is 1. The summed E-state index contributed by atoms with van der Waals surface area (Å²) in [5.41, 5.74) is 3.16. The highest BCUT2D eigenvalue weighted by Gasteiger charge is 2.29. The third-order valence-electron chi connectivity index (χ3n) is 4.07. The van der Waals surface area contributed by atoms with E-state index in [0.717, 1.165) is 18.4 Å². The Bertz CT molecular complexity index is 707. The normalized spacial score (nSPS) is 13.9. The molecule has 0 bridgehead atoms. The zero-order valence-corrected chi connectivity index (χ0v) is 14.9. The van der Waals surface area contributed by atoms with Crippen molar-refractivity contribution in [1.29, 1.82) is 5.26 Å². The lowest BCUT2D eigenvalue weighted by Gasteiger charge is -2.36. The molecule has 1 heterocycles. The first-order valence-corrected chi connectivity index (χ1v) is 8.18. The molecule has 0 unspecified atom stereocenters. The first-order chi connectivity index (χ1) is 11.8. The predicted molar refractivity (Wildman–Crippen MR) is 91.2 cm³/mol. The summed E-state index contributed by atoms with van der Waals surface area (Å²) >= 11 is 0. The molecule has 2 rings (SSSR count). The summed E-state index contributed by atoms with van der Waals surface area (Å²) in [4.78, 5) is 27.6. The van der Waals surface area contributed by atoms with Gasteiger partial charge in [-0.15, -0.1) is 0 Å². The standard InChI is InChI=1S/C17H23N5O3/c1-5-25-16(24)15(23)21-22(4)17(2,3)20-14-12(9-18)8-13(10-19-14)11-6-7-11/h8,10-11H,5-7H2,1-4H3,(H,19,20)(H,21,23). The maximum atomic E-state index is 11.8. The van der Waals surface area contributed by atoms with Crippen molar-refractivity contribution in [3.05, 3.63) is 23.4 Å². The van der Waals surface area contributed by atoms with Crippen LogP contribution in [0, 0.1) is 11.3 Å². The Kier molecular flexibility index (Phi) is 5.59. The topological polar surface area (TPSA) is 107 Å². The van der Waals surface area contributed by atoms with E-state index < -0.39 is 17.5 Å². The number of hydrogen-bond acceptors (Lipinski definition) is 7. The Morgan fingerprint density at radius 1 is 1.48 bits per heavy atom. The Morgan fingerprint density at radius 3 is 2.72 bits per heavy atom. The number of nitriles is 1. The molecule has 8 heteroatoms. The van der Waals surface area contributed by atoms with E-state index in [0.29, 0.717) is 17.3 Å². The molecule has 0 aromatic carbocycles. The van der Waals surface area contributed by atoms with Crippen LogP contribution in [0.3, 0.4) is 0 Å². The van der Waals surface area contributed by atoms with E-state index in [2.05, 4.69) is 26.5 Å². The second-order valence-corrected chi connectivity index (χ2v) is 6.46. The molecule has 1 amide bonds. The maximum absolute atomic E-state index is 11.8.